The van der Waals surface area contributed by atoms with Crippen molar-refractivity contribution in [1.82, 2.24) is 10.3 Å². The van der Waals surface area contributed by atoms with Gasteiger partial charge in [0.25, 0.3) is 5.91 Å². The average Bonchev–Trinajstić information content (AvgIpc) is 2.01. The van der Waals surface area contributed by atoms with Crippen LogP contribution < -0.4 is 10.9 Å². The lowest BCUT2D eigenvalue weighted by Gasteiger charge is -2.20. The number of carbonyl (C=O) groups is 1. The molecule has 4 nitrogen and oxygen atoms in total. The van der Waals surface area contributed by atoms with Crippen molar-refractivity contribution in [2.45, 2.75) is 26.3 Å². The molecular weight excluding hydrogens is 180 g/mol. The number of nitrogens with one attached hydrogen (secondary N) is 2. The summed E-state index contributed by atoms with van der Waals surface area (Å²) < 4.78 is 0. The fourth-order valence-electron chi connectivity index (χ4n) is 0.999. The van der Waals surface area contributed by atoms with Crippen LogP contribution in [0, 0.1) is 0 Å². The molecule has 0 aliphatic rings. The van der Waals surface area contributed by atoms with E-state index in [9.17, 15) is 9.59 Å². The molecule has 0 radical (unpaired) electrons. The van der Waals surface area contributed by atoms with Crippen LogP contribution in [0.2, 0.25) is 0 Å². The van der Waals surface area contributed by atoms with Gasteiger partial charge in [0, 0.05) is 23.4 Å². The minimum Gasteiger partial charge on any atom is -0.347 e. The number of rotatable bonds is 1. The van der Waals surface area contributed by atoms with Crippen LogP contribution in [0.4, 0.5) is 0 Å². The SMILES string of the molecule is CC(C)(C)NC(=O)c1cc[nH]c(=O)c1. The lowest BCUT2D eigenvalue weighted by molar-refractivity contribution is 0.0919. The van der Waals surface area contributed by atoms with Crippen molar-refractivity contribution in [3.8, 4) is 0 Å². The van der Waals surface area contributed by atoms with E-state index in [4.69, 9.17) is 0 Å². The summed E-state index contributed by atoms with van der Waals surface area (Å²) in [4.78, 5) is 24.9. The molecule has 2 N–H and O–H groups in total. The summed E-state index contributed by atoms with van der Waals surface area (Å²) in [6.07, 6.45) is 1.46. The number of pyridine rings is 1. The third kappa shape index (κ3) is 3.05. The molecule has 0 aromatic carbocycles. The lowest BCUT2D eigenvalue weighted by atomic mass is 10.1. The Bertz CT molecular complexity index is 388. The molecule has 14 heavy (non-hydrogen) atoms. The molecule has 1 aromatic heterocycles. The van der Waals surface area contributed by atoms with Gasteiger partial charge in [0.1, 0.15) is 0 Å². The Morgan fingerprint density at radius 1 is 1.43 bits per heavy atom. The van der Waals surface area contributed by atoms with Crippen LogP contribution >= 0.6 is 0 Å². The monoisotopic (exact) mass is 194 g/mol. The number of H-pyrrole nitrogens is 1. The van der Waals surface area contributed by atoms with Crippen LogP contribution in [0.25, 0.3) is 0 Å². The van der Waals surface area contributed by atoms with Gasteiger partial charge in [-0.1, -0.05) is 0 Å². The minimum absolute atomic E-state index is 0.233. The zero-order valence-corrected chi connectivity index (χ0v) is 8.55. The smallest absolute Gasteiger partial charge is 0.251 e. The molecule has 1 amide bonds. The molecule has 0 aliphatic carbocycles. The zero-order valence-electron chi connectivity index (χ0n) is 8.55. The lowest BCUT2D eigenvalue weighted by Crippen LogP contribution is -2.40. The standard InChI is InChI=1S/C10H14N2O2/c1-10(2,3)12-9(14)7-4-5-11-8(13)6-7/h4-6H,1-3H3,(H,11,13)(H,12,14). The second-order valence-corrected chi connectivity index (χ2v) is 4.15. The molecule has 1 heterocycles. The maximum absolute atomic E-state index is 11.5. The first kappa shape index (κ1) is 10.5. The highest BCUT2D eigenvalue weighted by molar-refractivity contribution is 5.94. The Balaban J connectivity index is 2.86. The second-order valence-electron chi connectivity index (χ2n) is 4.15. The van der Waals surface area contributed by atoms with Gasteiger partial charge in [-0.2, -0.15) is 0 Å². The zero-order chi connectivity index (χ0) is 10.8. The molecule has 0 saturated heterocycles. The summed E-state index contributed by atoms with van der Waals surface area (Å²) in [5.74, 6) is -0.233. The van der Waals surface area contributed by atoms with Crippen LogP contribution in [-0.4, -0.2) is 16.4 Å². The van der Waals surface area contributed by atoms with Crippen molar-refractivity contribution < 1.29 is 4.79 Å². The van der Waals surface area contributed by atoms with E-state index in [2.05, 4.69) is 10.3 Å². The van der Waals surface area contributed by atoms with E-state index in [1.807, 2.05) is 20.8 Å². The number of amides is 1. The van der Waals surface area contributed by atoms with Crippen LogP contribution in [0.3, 0.4) is 0 Å². The van der Waals surface area contributed by atoms with E-state index in [0.29, 0.717) is 5.56 Å². The molecule has 76 valence electrons. The first-order chi connectivity index (χ1) is 6.38. The van der Waals surface area contributed by atoms with Crippen molar-refractivity contribution in [2.24, 2.45) is 0 Å². The van der Waals surface area contributed by atoms with Crippen molar-refractivity contribution >= 4 is 5.91 Å². The fraction of sp³-hybridized carbons (Fsp3) is 0.400. The van der Waals surface area contributed by atoms with E-state index in [1.165, 1.54) is 12.3 Å². The van der Waals surface area contributed by atoms with Gasteiger partial charge in [-0.15, -0.1) is 0 Å². The number of hydrogen-bond acceptors (Lipinski definition) is 2. The number of hydrogen-bond donors (Lipinski definition) is 2. The van der Waals surface area contributed by atoms with E-state index < -0.39 is 0 Å². The van der Waals surface area contributed by atoms with Gasteiger partial charge in [0.05, 0.1) is 0 Å². The molecule has 0 aliphatic heterocycles. The number of aromatic nitrogens is 1. The molecule has 0 saturated carbocycles. The third-order valence-corrected chi connectivity index (χ3v) is 1.53. The Hall–Kier alpha value is -1.58. The topological polar surface area (TPSA) is 62.0 Å². The molecule has 4 heteroatoms. The van der Waals surface area contributed by atoms with Crippen LogP contribution in [-0.2, 0) is 0 Å². The van der Waals surface area contributed by atoms with Gasteiger partial charge in [-0.3, -0.25) is 9.59 Å². The summed E-state index contributed by atoms with van der Waals surface area (Å²) in [5.41, 5.74) is -0.185. The van der Waals surface area contributed by atoms with Crippen LogP contribution in [0.1, 0.15) is 31.1 Å². The molecule has 0 atom stereocenters. The summed E-state index contributed by atoms with van der Waals surface area (Å²) in [6.45, 7) is 5.66. The van der Waals surface area contributed by atoms with E-state index >= 15 is 0 Å². The Kier molecular flexibility index (Phi) is 2.74. The maximum atomic E-state index is 11.5. The molecule has 0 unspecified atom stereocenters. The molecule has 0 bridgehead atoms. The largest absolute Gasteiger partial charge is 0.347 e. The van der Waals surface area contributed by atoms with Gasteiger partial charge in [0.15, 0.2) is 0 Å². The van der Waals surface area contributed by atoms with E-state index in [1.54, 1.807) is 6.07 Å². The molecule has 1 rings (SSSR count). The molecule has 1 aromatic rings. The molecular formula is C10H14N2O2. The first-order valence-corrected chi connectivity index (χ1v) is 4.40. The van der Waals surface area contributed by atoms with E-state index in [0.717, 1.165) is 0 Å². The summed E-state index contributed by atoms with van der Waals surface area (Å²) in [7, 11) is 0. The molecule has 0 fully saturated rings. The summed E-state index contributed by atoms with van der Waals surface area (Å²) in [6, 6.07) is 2.85. The third-order valence-electron chi connectivity index (χ3n) is 1.53. The predicted octanol–water partition coefficient (Wildman–Crippen LogP) is 0.903. The van der Waals surface area contributed by atoms with Crippen molar-refractivity contribution in [3.63, 3.8) is 0 Å². The fourth-order valence-corrected chi connectivity index (χ4v) is 0.999. The van der Waals surface area contributed by atoms with Crippen molar-refractivity contribution in [2.75, 3.05) is 0 Å². The van der Waals surface area contributed by atoms with Gasteiger partial charge < -0.3 is 10.3 Å². The highest BCUT2D eigenvalue weighted by Crippen LogP contribution is 2.01. The van der Waals surface area contributed by atoms with E-state index in [-0.39, 0.29) is 17.0 Å². The predicted molar refractivity (Wildman–Crippen MR) is 54.3 cm³/mol. The van der Waals surface area contributed by atoms with Gasteiger partial charge in [-0.05, 0) is 26.8 Å². The highest BCUT2D eigenvalue weighted by Gasteiger charge is 2.14. The van der Waals surface area contributed by atoms with Crippen molar-refractivity contribution in [1.29, 1.82) is 0 Å². The Morgan fingerprint density at radius 3 is 2.57 bits per heavy atom. The highest BCUT2D eigenvalue weighted by atomic mass is 16.2. The van der Waals surface area contributed by atoms with Crippen LogP contribution in [0.5, 0.6) is 0 Å². The average molecular weight is 194 g/mol. The Morgan fingerprint density at radius 2 is 2.07 bits per heavy atom. The van der Waals surface area contributed by atoms with Gasteiger partial charge in [0.2, 0.25) is 5.56 Å². The normalized spacial score (nSPS) is 11.1. The maximum Gasteiger partial charge on any atom is 0.251 e. The summed E-state index contributed by atoms with van der Waals surface area (Å²) in [5, 5.41) is 2.77. The van der Waals surface area contributed by atoms with Gasteiger partial charge >= 0.3 is 0 Å². The minimum atomic E-state index is -0.292. The summed E-state index contributed by atoms with van der Waals surface area (Å²) >= 11 is 0. The number of carbonyl (C=O) groups excluding carboxylic acids is 1. The van der Waals surface area contributed by atoms with Crippen LogP contribution in [0.15, 0.2) is 23.1 Å². The second kappa shape index (κ2) is 3.65. The molecule has 0 spiro atoms. The van der Waals surface area contributed by atoms with Crippen molar-refractivity contribution in [3.05, 3.63) is 34.2 Å². The quantitative estimate of drug-likeness (QED) is 0.697. The first-order valence-electron chi connectivity index (χ1n) is 4.40. The number of aromatic amines is 1. The Labute approximate surface area is 82.3 Å². The van der Waals surface area contributed by atoms with Gasteiger partial charge in [-0.25, -0.2) is 0 Å².